The van der Waals surface area contributed by atoms with Crippen LogP contribution in [0.25, 0.3) is 0 Å². The van der Waals surface area contributed by atoms with E-state index in [-0.39, 0.29) is 75.0 Å². The second-order valence-electron chi connectivity index (χ2n) is 19.6. The number of carbonyl (C=O) groups excluding carboxylic acids is 7. The number of methoxy groups -OCH3 is 1. The van der Waals surface area contributed by atoms with E-state index in [4.69, 9.17) is 30.9 Å². The van der Waals surface area contributed by atoms with Crippen LogP contribution >= 0.6 is 11.6 Å². The van der Waals surface area contributed by atoms with E-state index in [0.29, 0.717) is 16.3 Å². The van der Waals surface area contributed by atoms with Crippen molar-refractivity contribution in [3.05, 3.63) is 76.3 Å². The topological polar surface area (TPSA) is 260 Å². The van der Waals surface area contributed by atoms with Gasteiger partial charge in [0, 0.05) is 44.2 Å². The van der Waals surface area contributed by atoms with Crippen LogP contribution in [0, 0.1) is 23.2 Å². The lowest BCUT2D eigenvalue weighted by molar-refractivity contribution is -0.157. The first-order chi connectivity index (χ1) is 32.9. The van der Waals surface area contributed by atoms with Crippen molar-refractivity contribution in [3.8, 4) is 5.75 Å². The molecule has 0 aliphatic carbocycles. The predicted molar refractivity (Wildman–Crippen MR) is 261 cm³/mol. The third-order valence-electron chi connectivity index (χ3n) is 12.7. The Hall–Kier alpha value is -6.01. The summed E-state index contributed by atoms with van der Waals surface area (Å²) in [5.74, 6) is -4.86. The molecule has 6 amide bonds. The molecular formula is C51H71ClN6O12. The molecular weight excluding hydrogens is 924 g/mol. The predicted octanol–water partition coefficient (Wildman–Crippen LogP) is 4.60. The largest absolute Gasteiger partial charge is 0.495 e. The van der Waals surface area contributed by atoms with Crippen LogP contribution in [0.1, 0.15) is 117 Å². The van der Waals surface area contributed by atoms with Crippen LogP contribution < -0.4 is 36.6 Å². The summed E-state index contributed by atoms with van der Waals surface area (Å²) in [6, 6.07) is 7.86. The van der Waals surface area contributed by atoms with Crippen molar-refractivity contribution >= 4 is 59.0 Å². The van der Waals surface area contributed by atoms with E-state index >= 15 is 0 Å². The molecule has 9 atom stereocenters. The van der Waals surface area contributed by atoms with Crippen molar-refractivity contribution in [2.45, 2.75) is 156 Å². The van der Waals surface area contributed by atoms with Gasteiger partial charge in [-0.1, -0.05) is 82.6 Å². The lowest BCUT2D eigenvalue weighted by Gasteiger charge is -2.34. The van der Waals surface area contributed by atoms with Gasteiger partial charge in [-0.25, -0.2) is 4.79 Å². The number of amides is 6. The maximum atomic E-state index is 14.0. The number of hydrogen-bond acceptors (Lipinski definition) is 11. The Kier molecular flexibility index (Phi) is 20.8. The van der Waals surface area contributed by atoms with E-state index in [9.17, 15) is 38.4 Å². The van der Waals surface area contributed by atoms with Crippen molar-refractivity contribution in [3.63, 3.8) is 0 Å². The first kappa shape index (κ1) is 56.6. The summed E-state index contributed by atoms with van der Waals surface area (Å²) >= 11 is 6.39. The number of esters is 1. The van der Waals surface area contributed by atoms with E-state index in [1.54, 1.807) is 58.9 Å². The molecule has 2 aromatic carbocycles. The fourth-order valence-corrected chi connectivity index (χ4v) is 8.13. The Morgan fingerprint density at radius 1 is 0.886 bits per heavy atom. The number of benzene rings is 2. The fourth-order valence-electron chi connectivity index (χ4n) is 7.85. The molecule has 2 aliphatic rings. The number of ether oxygens (including phenoxy) is 3. The number of cyclic esters (lactones) is 1. The number of nitrogens with one attached hydrogen (secondary N) is 6. The minimum atomic E-state index is -1.20. The Morgan fingerprint density at radius 2 is 1.56 bits per heavy atom. The standard InChI is InChI=1S/C51H71ClN6O12/c1-27(2)23-37-49(66)69-38(13-11-14-40(59)56-36(25-33-19-22-39(68-10)35(52)24-33)47(64)55-31(7)51(8,9)50(67)57-37)29(5)44-45(70-44)34-20-17-32(18-21-34)26-53-46(63)30(6)54-48(65)43(28(3)4)58-41(60)15-12-16-42(61)62/h11,14,17-22,24,27-31,36-38,43-45H,12-13,15-16,23,25-26H2,1-10H3,(H,53,63)(H,54,65)(H,55,64)(H,56,59)(H,57,67)(H,58,60)(H,61,62)/b14-11+/t29-,30?,31?,36+,37-,38-,43?,44+,45+/m0/s1. The van der Waals surface area contributed by atoms with E-state index in [0.717, 1.165) is 11.1 Å². The minimum absolute atomic E-state index is 0.000265. The molecule has 2 heterocycles. The van der Waals surface area contributed by atoms with Gasteiger partial charge < -0.3 is 51.2 Å². The number of carboxylic acids is 1. The highest BCUT2D eigenvalue weighted by atomic mass is 35.5. The monoisotopic (exact) mass is 994 g/mol. The lowest BCUT2D eigenvalue weighted by atomic mass is 9.83. The summed E-state index contributed by atoms with van der Waals surface area (Å²) in [6.07, 6.45) is 1.76. The van der Waals surface area contributed by atoms with Crippen LogP contribution in [0.5, 0.6) is 5.75 Å². The Labute approximate surface area is 415 Å². The SMILES string of the molecule is COc1ccc(C[C@H]2NC(=O)/C=C/C[C@@H]([C@H](C)[C@H]3O[C@@H]3c3ccc(CNC(=O)C(C)NC(=O)C(NC(=O)CCCC(=O)O)C(C)C)cc3)OC(=O)[C@H](CC(C)C)NC(=O)C(C)(C)C(C)NC2=O)cc1Cl. The van der Waals surface area contributed by atoms with Gasteiger partial charge in [-0.15, -0.1) is 0 Å². The Morgan fingerprint density at radius 3 is 2.17 bits per heavy atom. The summed E-state index contributed by atoms with van der Waals surface area (Å²) in [7, 11) is 1.49. The first-order valence-electron chi connectivity index (χ1n) is 23.9. The van der Waals surface area contributed by atoms with Gasteiger partial charge in [0.2, 0.25) is 35.4 Å². The number of halogens is 1. The fraction of sp³-hybridized carbons (Fsp3) is 0.569. The number of carboxylic acid groups (broad SMARTS) is 1. The summed E-state index contributed by atoms with van der Waals surface area (Å²) < 4.78 is 17.7. The molecule has 1 saturated heterocycles. The van der Waals surface area contributed by atoms with Gasteiger partial charge in [0.05, 0.1) is 23.7 Å². The maximum absolute atomic E-state index is 14.0. The molecule has 2 aromatic rings. The van der Waals surface area contributed by atoms with Gasteiger partial charge in [0.15, 0.2) is 0 Å². The molecule has 384 valence electrons. The smallest absolute Gasteiger partial charge is 0.328 e. The van der Waals surface area contributed by atoms with E-state index in [2.05, 4.69) is 31.9 Å². The summed E-state index contributed by atoms with van der Waals surface area (Å²) in [5.41, 5.74) is 1.07. The number of carbonyl (C=O) groups is 8. The highest BCUT2D eigenvalue weighted by Crippen LogP contribution is 2.45. The molecule has 19 heteroatoms. The van der Waals surface area contributed by atoms with Gasteiger partial charge in [-0.05, 0) is 87.3 Å². The zero-order chi connectivity index (χ0) is 52.0. The second-order valence-corrected chi connectivity index (χ2v) is 20.0. The highest BCUT2D eigenvalue weighted by molar-refractivity contribution is 6.32. The molecule has 2 aliphatic heterocycles. The van der Waals surface area contributed by atoms with Crippen molar-refractivity contribution in [1.82, 2.24) is 31.9 Å². The van der Waals surface area contributed by atoms with Crippen LogP contribution in [0.4, 0.5) is 0 Å². The molecule has 0 saturated carbocycles. The molecule has 0 spiro atoms. The molecule has 0 radical (unpaired) electrons. The normalized spacial score (nSPS) is 23.6. The lowest BCUT2D eigenvalue weighted by Crippen LogP contribution is -2.58. The molecule has 1 fully saturated rings. The number of rotatable bonds is 19. The quantitative estimate of drug-likeness (QED) is 0.0753. The summed E-state index contributed by atoms with van der Waals surface area (Å²) in [5, 5.41) is 25.9. The average molecular weight is 996 g/mol. The van der Waals surface area contributed by atoms with Gasteiger partial charge in [0.1, 0.15) is 42.1 Å². The highest BCUT2D eigenvalue weighted by Gasteiger charge is 2.48. The van der Waals surface area contributed by atoms with Crippen LogP contribution in [0.15, 0.2) is 54.6 Å². The summed E-state index contributed by atoms with van der Waals surface area (Å²) in [6.45, 7) is 15.9. The molecule has 18 nitrogen and oxygen atoms in total. The molecule has 0 aromatic heterocycles. The van der Waals surface area contributed by atoms with E-state index in [1.165, 1.54) is 20.1 Å². The van der Waals surface area contributed by atoms with Crippen LogP contribution in [-0.4, -0.2) is 102 Å². The molecule has 0 bridgehead atoms. The van der Waals surface area contributed by atoms with Crippen molar-refractivity contribution in [2.24, 2.45) is 23.2 Å². The zero-order valence-electron chi connectivity index (χ0n) is 41.8. The third-order valence-corrected chi connectivity index (χ3v) is 13.0. The van der Waals surface area contributed by atoms with Crippen LogP contribution in [0.2, 0.25) is 5.02 Å². The Bertz CT molecular complexity index is 2230. The maximum Gasteiger partial charge on any atom is 0.328 e. The average Bonchev–Trinajstić information content (AvgIpc) is 4.09. The first-order valence-corrected chi connectivity index (χ1v) is 24.2. The van der Waals surface area contributed by atoms with E-state index < -0.39 is 89.1 Å². The van der Waals surface area contributed by atoms with Gasteiger partial charge >= 0.3 is 11.9 Å². The van der Waals surface area contributed by atoms with Gasteiger partial charge in [-0.3, -0.25) is 33.6 Å². The number of aliphatic carboxylic acids is 1. The number of epoxide rings is 1. The second kappa shape index (κ2) is 25.7. The minimum Gasteiger partial charge on any atom is -0.495 e. The Balaban J connectivity index is 1.45. The van der Waals surface area contributed by atoms with Crippen molar-refractivity contribution in [2.75, 3.05) is 7.11 Å². The van der Waals surface area contributed by atoms with Crippen LogP contribution in [-0.2, 0) is 60.8 Å². The van der Waals surface area contributed by atoms with Gasteiger partial charge in [0.25, 0.3) is 0 Å². The zero-order valence-corrected chi connectivity index (χ0v) is 42.6. The van der Waals surface area contributed by atoms with E-state index in [1.807, 2.05) is 45.0 Å². The molecule has 7 N–H and O–H groups in total. The van der Waals surface area contributed by atoms with Crippen LogP contribution in [0.3, 0.4) is 0 Å². The van der Waals surface area contributed by atoms with Gasteiger partial charge in [-0.2, -0.15) is 0 Å². The van der Waals surface area contributed by atoms with Crippen molar-refractivity contribution in [1.29, 1.82) is 0 Å². The number of hydrogen-bond donors (Lipinski definition) is 7. The molecule has 4 rings (SSSR count). The third kappa shape index (κ3) is 16.6. The molecule has 70 heavy (non-hydrogen) atoms. The summed E-state index contributed by atoms with van der Waals surface area (Å²) in [4.78, 5) is 105. The van der Waals surface area contributed by atoms with Crippen molar-refractivity contribution < 1.29 is 57.7 Å². The molecule has 3 unspecified atom stereocenters.